The Morgan fingerprint density at radius 2 is 2.05 bits per heavy atom. The summed E-state index contributed by atoms with van der Waals surface area (Å²) in [6.45, 7) is 4.93. The Labute approximate surface area is 114 Å². The van der Waals surface area contributed by atoms with Gasteiger partial charge in [-0.15, -0.1) is 0 Å². The van der Waals surface area contributed by atoms with Gasteiger partial charge in [0.1, 0.15) is 6.04 Å². The monoisotopic (exact) mass is 268 g/mol. The third-order valence-corrected chi connectivity index (χ3v) is 4.86. The molecule has 108 valence electrons. The Bertz CT molecular complexity index is 359. The van der Waals surface area contributed by atoms with E-state index in [1.807, 2.05) is 0 Å². The number of hydrogen-bond donors (Lipinski definition) is 2. The predicted molar refractivity (Wildman–Crippen MR) is 71.9 cm³/mol. The molecular formula is C14H24N2O3. The molecule has 3 unspecified atom stereocenters. The third kappa shape index (κ3) is 2.85. The zero-order valence-electron chi connectivity index (χ0n) is 11.8. The van der Waals surface area contributed by atoms with E-state index in [0.717, 1.165) is 25.7 Å². The third-order valence-electron chi connectivity index (χ3n) is 4.86. The van der Waals surface area contributed by atoms with E-state index in [1.165, 1.54) is 4.90 Å². The van der Waals surface area contributed by atoms with Crippen molar-refractivity contribution >= 4 is 12.0 Å². The number of carbonyl (C=O) groups is 2. The second-order valence-corrected chi connectivity index (χ2v) is 5.85. The summed E-state index contributed by atoms with van der Waals surface area (Å²) in [5, 5.41) is 12.1. The van der Waals surface area contributed by atoms with Crippen LogP contribution in [0.15, 0.2) is 0 Å². The Balaban J connectivity index is 1.92. The number of hydrogen-bond acceptors (Lipinski definition) is 2. The summed E-state index contributed by atoms with van der Waals surface area (Å²) < 4.78 is 0. The van der Waals surface area contributed by atoms with Gasteiger partial charge in [-0.2, -0.15) is 0 Å². The molecule has 0 aromatic carbocycles. The van der Waals surface area contributed by atoms with Crippen LogP contribution in [0, 0.1) is 11.8 Å². The van der Waals surface area contributed by atoms with Crippen LogP contribution < -0.4 is 5.32 Å². The molecule has 2 rings (SSSR count). The van der Waals surface area contributed by atoms with Gasteiger partial charge >= 0.3 is 12.0 Å². The molecule has 2 N–H and O–H groups in total. The fourth-order valence-electron chi connectivity index (χ4n) is 3.54. The average molecular weight is 268 g/mol. The molecule has 1 aliphatic carbocycles. The Kier molecular flexibility index (Phi) is 4.32. The van der Waals surface area contributed by atoms with Gasteiger partial charge in [-0.05, 0) is 37.5 Å². The minimum atomic E-state index is -0.890. The number of aliphatic carboxylic acids is 1. The zero-order chi connectivity index (χ0) is 14.0. The number of carboxylic acids is 1. The van der Waals surface area contributed by atoms with E-state index in [9.17, 15) is 9.59 Å². The fraction of sp³-hybridized carbons (Fsp3) is 0.857. The number of urea groups is 1. The molecule has 2 amide bonds. The normalized spacial score (nSPS) is 34.5. The minimum absolute atomic E-state index is 0.196. The maximum Gasteiger partial charge on any atom is 0.326 e. The fourth-order valence-corrected chi connectivity index (χ4v) is 3.54. The highest BCUT2D eigenvalue weighted by Gasteiger charge is 2.37. The highest BCUT2D eigenvalue weighted by Crippen LogP contribution is 2.34. The molecule has 2 aliphatic rings. The van der Waals surface area contributed by atoms with E-state index in [4.69, 9.17) is 5.11 Å². The number of carbonyl (C=O) groups excluding carboxylic acids is 1. The van der Waals surface area contributed by atoms with E-state index >= 15 is 0 Å². The summed E-state index contributed by atoms with van der Waals surface area (Å²) in [5.74, 6) is 0.275. The topological polar surface area (TPSA) is 69.6 Å². The molecule has 0 bridgehead atoms. The van der Waals surface area contributed by atoms with Gasteiger partial charge in [0.05, 0.1) is 0 Å². The molecule has 0 spiro atoms. The first-order chi connectivity index (χ1) is 9.04. The number of carboxylic acid groups (broad SMARTS) is 1. The van der Waals surface area contributed by atoms with Gasteiger partial charge in [-0.25, -0.2) is 9.59 Å². The van der Waals surface area contributed by atoms with Crippen molar-refractivity contribution in [1.29, 1.82) is 0 Å². The van der Waals surface area contributed by atoms with Gasteiger partial charge in [0.15, 0.2) is 0 Å². The molecule has 0 aromatic heterocycles. The Morgan fingerprint density at radius 1 is 1.32 bits per heavy atom. The van der Waals surface area contributed by atoms with Gasteiger partial charge < -0.3 is 15.3 Å². The highest BCUT2D eigenvalue weighted by molar-refractivity contribution is 5.83. The standard InChI is InChI=1S/C14H24N2O3/c1-3-10-6-7-11(9(10)2)15-14(19)16-8-4-5-12(16)13(17)18/h9-12H,3-8H2,1-2H3,(H,15,19)(H,17,18)/t9?,10?,11?,12-/m1/s1. The zero-order valence-corrected chi connectivity index (χ0v) is 11.8. The number of rotatable bonds is 3. The molecule has 0 radical (unpaired) electrons. The molecule has 1 saturated heterocycles. The molecule has 2 fully saturated rings. The lowest BCUT2D eigenvalue weighted by atomic mass is 9.93. The minimum Gasteiger partial charge on any atom is -0.480 e. The quantitative estimate of drug-likeness (QED) is 0.823. The van der Waals surface area contributed by atoms with Crippen molar-refractivity contribution in [3.8, 4) is 0 Å². The number of nitrogens with one attached hydrogen (secondary N) is 1. The molecule has 1 heterocycles. The van der Waals surface area contributed by atoms with Crippen LogP contribution in [0.4, 0.5) is 4.79 Å². The van der Waals surface area contributed by atoms with E-state index in [1.54, 1.807) is 0 Å². The van der Waals surface area contributed by atoms with E-state index in [-0.39, 0.29) is 12.1 Å². The molecule has 5 nitrogen and oxygen atoms in total. The van der Waals surface area contributed by atoms with E-state index in [0.29, 0.717) is 24.8 Å². The lowest BCUT2D eigenvalue weighted by Gasteiger charge is -2.26. The second kappa shape index (κ2) is 5.80. The lowest BCUT2D eigenvalue weighted by Crippen LogP contribution is -2.49. The Morgan fingerprint density at radius 3 is 2.63 bits per heavy atom. The smallest absolute Gasteiger partial charge is 0.326 e. The Hall–Kier alpha value is -1.26. The number of likely N-dealkylation sites (tertiary alicyclic amines) is 1. The van der Waals surface area contributed by atoms with Crippen molar-refractivity contribution in [1.82, 2.24) is 10.2 Å². The first kappa shape index (κ1) is 14.2. The number of nitrogens with zero attached hydrogens (tertiary/aromatic N) is 1. The van der Waals surface area contributed by atoms with Crippen LogP contribution in [-0.4, -0.2) is 40.6 Å². The molecule has 1 aliphatic heterocycles. The highest BCUT2D eigenvalue weighted by atomic mass is 16.4. The van der Waals surface area contributed by atoms with Gasteiger partial charge in [-0.1, -0.05) is 20.3 Å². The predicted octanol–water partition coefficient (Wildman–Crippen LogP) is 2.07. The summed E-state index contributed by atoms with van der Waals surface area (Å²) in [7, 11) is 0. The van der Waals surface area contributed by atoms with Crippen molar-refractivity contribution in [2.75, 3.05) is 6.54 Å². The second-order valence-electron chi connectivity index (χ2n) is 5.85. The van der Waals surface area contributed by atoms with Crippen molar-refractivity contribution in [2.24, 2.45) is 11.8 Å². The van der Waals surface area contributed by atoms with Crippen LogP contribution >= 0.6 is 0 Å². The molecule has 0 aromatic rings. The van der Waals surface area contributed by atoms with Gasteiger partial charge in [0.25, 0.3) is 0 Å². The summed E-state index contributed by atoms with van der Waals surface area (Å²) in [6.07, 6.45) is 4.67. The lowest BCUT2D eigenvalue weighted by molar-refractivity contribution is -0.141. The first-order valence-electron chi connectivity index (χ1n) is 7.34. The van der Waals surface area contributed by atoms with E-state index < -0.39 is 12.0 Å². The number of amides is 2. The van der Waals surface area contributed by atoms with Crippen LogP contribution in [0.3, 0.4) is 0 Å². The molecular weight excluding hydrogens is 244 g/mol. The van der Waals surface area contributed by atoms with E-state index in [2.05, 4.69) is 19.2 Å². The van der Waals surface area contributed by atoms with Crippen LogP contribution in [0.1, 0.15) is 46.0 Å². The van der Waals surface area contributed by atoms with Crippen molar-refractivity contribution < 1.29 is 14.7 Å². The van der Waals surface area contributed by atoms with Crippen LogP contribution in [-0.2, 0) is 4.79 Å². The summed E-state index contributed by atoms with van der Waals surface area (Å²) in [5.41, 5.74) is 0. The average Bonchev–Trinajstić information content (AvgIpc) is 2.97. The molecule has 5 heteroatoms. The van der Waals surface area contributed by atoms with Gasteiger partial charge in [0.2, 0.25) is 0 Å². The molecule has 4 atom stereocenters. The van der Waals surface area contributed by atoms with Crippen LogP contribution in [0.2, 0.25) is 0 Å². The summed E-state index contributed by atoms with van der Waals surface area (Å²) in [4.78, 5) is 24.8. The summed E-state index contributed by atoms with van der Waals surface area (Å²) >= 11 is 0. The maximum atomic E-state index is 12.2. The van der Waals surface area contributed by atoms with Crippen LogP contribution in [0.5, 0.6) is 0 Å². The SMILES string of the molecule is CCC1CCC(NC(=O)N2CCC[C@@H]2C(=O)O)C1C. The van der Waals surface area contributed by atoms with Crippen LogP contribution in [0.25, 0.3) is 0 Å². The van der Waals surface area contributed by atoms with Gasteiger partial charge in [-0.3, -0.25) is 0 Å². The first-order valence-corrected chi connectivity index (χ1v) is 7.34. The molecule has 19 heavy (non-hydrogen) atoms. The summed E-state index contributed by atoms with van der Waals surface area (Å²) in [6, 6.07) is -0.635. The van der Waals surface area contributed by atoms with Gasteiger partial charge in [0, 0.05) is 12.6 Å². The largest absolute Gasteiger partial charge is 0.480 e. The van der Waals surface area contributed by atoms with Crippen molar-refractivity contribution in [2.45, 2.75) is 58.0 Å². The van der Waals surface area contributed by atoms with Crippen molar-refractivity contribution in [3.63, 3.8) is 0 Å². The van der Waals surface area contributed by atoms with Crippen molar-refractivity contribution in [3.05, 3.63) is 0 Å². The maximum absolute atomic E-state index is 12.2. The molecule has 1 saturated carbocycles.